The van der Waals surface area contributed by atoms with Gasteiger partial charge in [0.25, 0.3) is 0 Å². The van der Waals surface area contributed by atoms with Gasteiger partial charge in [0.2, 0.25) is 0 Å². The van der Waals surface area contributed by atoms with Crippen molar-refractivity contribution >= 4 is 69.4 Å². The molecule has 0 amide bonds. The SMILES string of the molecule is CCCCCCCCCCc1c2nc(c(C#Cc3ccc(C(=O)O)cc3)c3nc(c(CCCCCCCCCC)c4ccc([nH]4)c(C#Cc4ccc(N(c5ccccc5)c5ccccc5)cc4)c4ccc1[nH]4)C=C3)C=C2. The number of benzene rings is 4. The predicted octanol–water partition coefficient (Wildman–Crippen LogP) is 18.0. The maximum atomic E-state index is 11.7. The Balaban J connectivity index is 1.17. The van der Waals surface area contributed by atoms with Crippen LogP contribution in [0.2, 0.25) is 0 Å². The van der Waals surface area contributed by atoms with Crippen molar-refractivity contribution in [1.29, 1.82) is 0 Å². The molecule has 0 saturated heterocycles. The van der Waals surface area contributed by atoms with E-state index in [2.05, 4.69) is 174 Å². The van der Waals surface area contributed by atoms with Crippen molar-refractivity contribution < 1.29 is 9.90 Å². The maximum Gasteiger partial charge on any atom is 0.335 e. The monoisotopic (exact) mass is 1000 g/mol. The molecule has 0 fully saturated rings. The number of hydrogen-bond donors (Lipinski definition) is 3. The van der Waals surface area contributed by atoms with Gasteiger partial charge in [-0.15, -0.1) is 0 Å². The number of rotatable bonds is 22. The first-order valence-corrected chi connectivity index (χ1v) is 28.0. The highest BCUT2D eigenvalue weighted by Gasteiger charge is 2.17. The van der Waals surface area contributed by atoms with Crippen LogP contribution in [0.3, 0.4) is 0 Å². The number of anilines is 3. The fourth-order valence-electron chi connectivity index (χ4n) is 10.2. The number of carbonyl (C=O) groups is 1. The number of nitrogens with one attached hydrogen (secondary N) is 2. The Morgan fingerprint density at radius 2 is 0.803 bits per heavy atom. The number of carboxylic acid groups (broad SMARTS) is 1. The summed E-state index contributed by atoms with van der Waals surface area (Å²) in [5, 5.41) is 9.57. The number of nitrogens with zero attached hydrogens (tertiary/aromatic N) is 3. The molecule has 4 aromatic carbocycles. The van der Waals surface area contributed by atoms with Crippen LogP contribution < -0.4 is 4.90 Å². The Morgan fingerprint density at radius 3 is 1.25 bits per heavy atom. The molecule has 384 valence electrons. The molecule has 7 nitrogen and oxygen atoms in total. The van der Waals surface area contributed by atoms with Crippen LogP contribution >= 0.6 is 0 Å². The molecule has 3 N–H and O–H groups in total. The summed E-state index contributed by atoms with van der Waals surface area (Å²) in [6.45, 7) is 4.54. The second-order valence-corrected chi connectivity index (χ2v) is 20.1. The highest BCUT2D eigenvalue weighted by Crippen LogP contribution is 2.35. The highest BCUT2D eigenvalue weighted by molar-refractivity contribution is 5.88. The van der Waals surface area contributed by atoms with E-state index in [-0.39, 0.29) is 5.56 Å². The van der Waals surface area contributed by atoms with Gasteiger partial charge in [-0.1, -0.05) is 164 Å². The Bertz CT molecular complexity index is 3270. The smallest absolute Gasteiger partial charge is 0.335 e. The van der Waals surface area contributed by atoms with E-state index in [1.165, 1.54) is 77.0 Å². The van der Waals surface area contributed by atoms with E-state index in [4.69, 9.17) is 9.97 Å². The van der Waals surface area contributed by atoms with Crippen LogP contribution in [0.15, 0.2) is 133 Å². The highest BCUT2D eigenvalue weighted by atomic mass is 16.4. The maximum absolute atomic E-state index is 11.7. The van der Waals surface area contributed by atoms with Crippen LogP contribution in [-0.4, -0.2) is 31.0 Å². The molecule has 2 aliphatic rings. The molecular formula is C69H71N5O2. The summed E-state index contributed by atoms with van der Waals surface area (Å²) in [7, 11) is 0. The zero-order valence-electron chi connectivity index (χ0n) is 44.4. The molecule has 0 spiro atoms. The number of fused-ring (bicyclic) bond motifs is 8. The van der Waals surface area contributed by atoms with Crippen molar-refractivity contribution in [2.24, 2.45) is 0 Å². The van der Waals surface area contributed by atoms with Gasteiger partial charge in [0, 0.05) is 50.3 Å². The minimum atomic E-state index is -0.964. The van der Waals surface area contributed by atoms with Gasteiger partial charge >= 0.3 is 5.97 Å². The molecule has 9 rings (SSSR count). The van der Waals surface area contributed by atoms with E-state index < -0.39 is 5.97 Å². The molecule has 0 atom stereocenters. The lowest BCUT2D eigenvalue weighted by molar-refractivity contribution is 0.0697. The largest absolute Gasteiger partial charge is 0.478 e. The predicted molar refractivity (Wildman–Crippen MR) is 318 cm³/mol. The van der Waals surface area contributed by atoms with E-state index >= 15 is 0 Å². The normalized spacial score (nSPS) is 11.5. The first-order valence-electron chi connectivity index (χ1n) is 28.0. The number of carboxylic acids is 1. The van der Waals surface area contributed by atoms with Gasteiger partial charge in [-0.25, -0.2) is 14.8 Å². The number of para-hydroxylation sites is 2. The van der Waals surface area contributed by atoms with Crippen LogP contribution in [0.5, 0.6) is 0 Å². The number of aromatic carboxylic acids is 1. The molecule has 7 heteroatoms. The molecule has 76 heavy (non-hydrogen) atoms. The topological polar surface area (TPSA) is 97.9 Å². The standard InChI is InChI=1S/C69H71N5O2/c1-3-5-7-9-11-13-15-23-29-57-61-43-47-65(70-61)59(41-35-51-31-37-53(38-32-51)69(75)76)66-48-44-62(71-66)58(30-24-16-14-12-10-8-6-4-2)64-46-50-68(73-64)60(67-49-45-63(57)72-67)42-36-52-33-39-56(40-34-52)74(54-25-19-17-20-26-54)55-27-21-18-22-28-55/h17-22,25-28,31-34,37-40,43-50,72-73H,3-16,23-24,29-30H2,1-2H3,(H,75,76). The second-order valence-electron chi connectivity index (χ2n) is 20.1. The van der Waals surface area contributed by atoms with Crippen LogP contribution in [0.4, 0.5) is 17.1 Å². The van der Waals surface area contributed by atoms with Crippen molar-refractivity contribution in [2.75, 3.05) is 4.90 Å². The van der Waals surface area contributed by atoms with Crippen LogP contribution in [0.1, 0.15) is 183 Å². The summed E-state index contributed by atoms with van der Waals surface area (Å²) in [4.78, 5) is 32.5. The lowest BCUT2D eigenvalue weighted by Crippen LogP contribution is -2.09. The van der Waals surface area contributed by atoms with Gasteiger partial charge < -0.3 is 20.0 Å². The van der Waals surface area contributed by atoms with Crippen molar-refractivity contribution in [3.63, 3.8) is 0 Å². The number of aromatic amines is 2. The third kappa shape index (κ3) is 13.8. The zero-order valence-corrected chi connectivity index (χ0v) is 44.4. The Hall–Kier alpha value is -8.13. The Labute approximate surface area is 450 Å². The number of aromatic nitrogens is 4. The molecule has 0 saturated carbocycles. The van der Waals surface area contributed by atoms with E-state index in [0.717, 1.165) is 134 Å². The summed E-state index contributed by atoms with van der Waals surface area (Å²) >= 11 is 0. The molecule has 0 radical (unpaired) electrons. The summed E-state index contributed by atoms with van der Waals surface area (Å²) in [5.41, 5.74) is 16.3. The van der Waals surface area contributed by atoms with Gasteiger partial charge in [-0.2, -0.15) is 0 Å². The van der Waals surface area contributed by atoms with E-state index in [0.29, 0.717) is 0 Å². The molecular weight excluding hydrogens is 931 g/mol. The summed E-state index contributed by atoms with van der Waals surface area (Å²) < 4.78 is 0. The molecule has 0 unspecified atom stereocenters. The van der Waals surface area contributed by atoms with Gasteiger partial charge in [0.15, 0.2) is 0 Å². The first kappa shape index (κ1) is 52.7. The van der Waals surface area contributed by atoms with Crippen LogP contribution in [0, 0.1) is 23.7 Å². The van der Waals surface area contributed by atoms with E-state index in [1.807, 2.05) is 12.1 Å². The quantitative estimate of drug-likeness (QED) is 0.0464. The summed E-state index contributed by atoms with van der Waals surface area (Å²) in [5.74, 6) is 13.1. The molecule has 3 aromatic heterocycles. The number of hydrogen-bond acceptors (Lipinski definition) is 4. The lowest BCUT2D eigenvalue weighted by atomic mass is 10.0. The third-order valence-electron chi connectivity index (χ3n) is 14.5. The third-order valence-corrected chi connectivity index (χ3v) is 14.5. The fraction of sp³-hybridized carbons (Fsp3) is 0.290. The van der Waals surface area contributed by atoms with Crippen molar-refractivity contribution in [3.05, 3.63) is 195 Å². The number of aryl methyl sites for hydroxylation is 2. The minimum absolute atomic E-state index is 0.226. The molecule has 7 aromatic rings. The summed E-state index contributed by atoms with van der Waals surface area (Å²) in [6.07, 6.45) is 29.8. The van der Waals surface area contributed by atoms with Gasteiger partial charge in [0.05, 0.1) is 50.5 Å². The van der Waals surface area contributed by atoms with Crippen LogP contribution in [-0.2, 0) is 12.8 Å². The molecule has 2 aliphatic heterocycles. The first-order chi connectivity index (χ1) is 37.4. The van der Waals surface area contributed by atoms with E-state index in [1.54, 1.807) is 24.3 Å². The number of H-pyrrole nitrogens is 2. The average molecular weight is 1000 g/mol. The van der Waals surface area contributed by atoms with Gasteiger partial charge in [-0.3, -0.25) is 0 Å². The number of unbranched alkanes of at least 4 members (excludes halogenated alkanes) is 14. The second kappa shape index (κ2) is 26.9. The molecule has 5 heterocycles. The Kier molecular flexibility index (Phi) is 18.7. The van der Waals surface area contributed by atoms with Crippen LogP contribution in [0.25, 0.3) is 46.4 Å². The van der Waals surface area contributed by atoms with Gasteiger partial charge in [0.1, 0.15) is 0 Å². The van der Waals surface area contributed by atoms with Gasteiger partial charge in [-0.05, 0) is 147 Å². The van der Waals surface area contributed by atoms with Crippen molar-refractivity contribution in [1.82, 2.24) is 19.9 Å². The fourth-order valence-corrected chi connectivity index (χ4v) is 10.2. The van der Waals surface area contributed by atoms with Crippen molar-refractivity contribution in [2.45, 2.75) is 129 Å². The molecule has 8 bridgehead atoms. The zero-order chi connectivity index (χ0) is 52.3. The Morgan fingerprint density at radius 1 is 0.421 bits per heavy atom. The average Bonchev–Trinajstić information content (AvgIpc) is 4.32. The summed E-state index contributed by atoms with van der Waals surface area (Å²) in [6, 6.07) is 44.9. The minimum Gasteiger partial charge on any atom is -0.478 e. The lowest BCUT2D eigenvalue weighted by Gasteiger charge is -2.25. The molecule has 0 aliphatic carbocycles. The van der Waals surface area contributed by atoms with Crippen molar-refractivity contribution in [3.8, 4) is 23.7 Å². The van der Waals surface area contributed by atoms with E-state index in [9.17, 15) is 9.90 Å².